The van der Waals surface area contributed by atoms with E-state index in [1.807, 2.05) is 0 Å². The Hall–Kier alpha value is -7.42. The third kappa shape index (κ3) is 5.01. The number of aryl methyl sites for hydroxylation is 2. The van der Waals surface area contributed by atoms with Crippen molar-refractivity contribution in [2.45, 2.75) is 25.7 Å². The van der Waals surface area contributed by atoms with Crippen LogP contribution in [0, 0.1) is 13.8 Å². The number of benzene rings is 8. The van der Waals surface area contributed by atoms with Crippen molar-refractivity contribution in [2.75, 3.05) is 4.90 Å². The Labute approximate surface area is 351 Å². The van der Waals surface area contributed by atoms with Gasteiger partial charge in [-0.2, -0.15) is 0 Å². The molecule has 8 aromatic carbocycles. The zero-order valence-corrected chi connectivity index (χ0v) is 33.6. The van der Waals surface area contributed by atoms with E-state index >= 15 is 0 Å². The van der Waals surface area contributed by atoms with Crippen molar-refractivity contribution in [2.24, 2.45) is 0 Å². The minimum absolute atomic E-state index is 0.377. The first-order chi connectivity index (χ1) is 29.6. The second-order valence-corrected chi connectivity index (χ2v) is 16.5. The van der Waals surface area contributed by atoms with Crippen LogP contribution >= 0.6 is 0 Å². The number of nitrogens with zero attached hydrogens (tertiary/aromatic N) is 1. The van der Waals surface area contributed by atoms with E-state index in [4.69, 9.17) is 4.74 Å². The van der Waals surface area contributed by atoms with Crippen molar-refractivity contribution in [1.29, 1.82) is 0 Å². The van der Waals surface area contributed by atoms with Crippen LogP contribution in [0.25, 0.3) is 50.1 Å². The molecule has 2 nitrogen and oxygen atoms in total. The van der Waals surface area contributed by atoms with Crippen LogP contribution in [0.1, 0.15) is 39.8 Å². The Morgan fingerprint density at radius 3 is 1.65 bits per heavy atom. The van der Waals surface area contributed by atoms with Crippen molar-refractivity contribution in [3.8, 4) is 56.0 Å². The molecule has 12 rings (SSSR count). The van der Waals surface area contributed by atoms with Gasteiger partial charge in [-0.1, -0.05) is 158 Å². The quantitative estimate of drug-likeness (QED) is 0.177. The highest BCUT2D eigenvalue weighted by atomic mass is 16.5. The second kappa shape index (κ2) is 13.3. The molecule has 3 aliphatic carbocycles. The SMILES string of the molecule is Cc1cc(N2c3ccc(-c4ccccc4)cc3Oc3cc(-c4ccccc4)ccc32)c(C)cc1-c1ccc2c(c1)C1(C3=C2CC=CC=C3)c2ccccc2-c2ccccc21. The van der Waals surface area contributed by atoms with Crippen LogP contribution in [0.5, 0.6) is 11.5 Å². The summed E-state index contributed by atoms with van der Waals surface area (Å²) in [7, 11) is 0. The molecule has 0 unspecified atom stereocenters. The molecule has 1 aliphatic heterocycles. The molecule has 1 spiro atoms. The van der Waals surface area contributed by atoms with Gasteiger partial charge in [0.2, 0.25) is 0 Å². The summed E-state index contributed by atoms with van der Waals surface area (Å²) in [5.74, 6) is 1.68. The molecular formula is C58H41NO. The lowest BCUT2D eigenvalue weighted by atomic mass is 9.69. The molecule has 0 fully saturated rings. The molecule has 0 aromatic heterocycles. The van der Waals surface area contributed by atoms with E-state index in [0.29, 0.717) is 0 Å². The molecule has 8 aromatic rings. The summed E-state index contributed by atoms with van der Waals surface area (Å²) < 4.78 is 6.85. The number of rotatable bonds is 4. The van der Waals surface area contributed by atoms with E-state index < -0.39 is 0 Å². The van der Waals surface area contributed by atoms with Crippen LogP contribution in [-0.4, -0.2) is 0 Å². The van der Waals surface area contributed by atoms with Gasteiger partial charge in [-0.3, -0.25) is 0 Å². The molecule has 0 amide bonds. The summed E-state index contributed by atoms with van der Waals surface area (Å²) in [5.41, 5.74) is 23.3. The number of hydrogen-bond acceptors (Lipinski definition) is 2. The van der Waals surface area contributed by atoms with E-state index in [1.165, 1.54) is 66.8 Å². The maximum atomic E-state index is 6.85. The van der Waals surface area contributed by atoms with Gasteiger partial charge in [-0.25, -0.2) is 0 Å². The zero-order valence-electron chi connectivity index (χ0n) is 33.6. The van der Waals surface area contributed by atoms with Crippen LogP contribution in [0.15, 0.2) is 206 Å². The summed E-state index contributed by atoms with van der Waals surface area (Å²) in [4.78, 5) is 2.40. The molecule has 0 saturated heterocycles. The van der Waals surface area contributed by atoms with Crippen LogP contribution in [0.3, 0.4) is 0 Å². The summed E-state index contributed by atoms with van der Waals surface area (Å²) in [5, 5.41) is 0. The molecule has 0 saturated carbocycles. The highest BCUT2D eigenvalue weighted by molar-refractivity contribution is 5.97. The fourth-order valence-corrected chi connectivity index (χ4v) is 10.5. The highest BCUT2D eigenvalue weighted by Gasteiger charge is 2.52. The molecule has 0 N–H and O–H groups in total. The molecule has 0 bridgehead atoms. The summed E-state index contributed by atoms with van der Waals surface area (Å²) in [6.45, 7) is 4.52. The Bertz CT molecular complexity index is 3030. The normalized spacial score (nSPS) is 14.8. The van der Waals surface area contributed by atoms with Gasteiger partial charge in [0.15, 0.2) is 11.5 Å². The third-order valence-electron chi connectivity index (χ3n) is 13.2. The van der Waals surface area contributed by atoms with Crippen LogP contribution in [0.4, 0.5) is 17.1 Å². The molecule has 60 heavy (non-hydrogen) atoms. The Balaban J connectivity index is 1.01. The first kappa shape index (κ1) is 34.6. The molecule has 4 aliphatic rings. The van der Waals surface area contributed by atoms with E-state index in [-0.39, 0.29) is 5.41 Å². The molecule has 2 heteroatoms. The molecule has 284 valence electrons. The molecule has 1 heterocycles. The number of fused-ring (bicyclic) bond motifs is 11. The predicted molar refractivity (Wildman–Crippen MR) is 249 cm³/mol. The monoisotopic (exact) mass is 767 g/mol. The summed E-state index contributed by atoms with van der Waals surface area (Å²) in [6.07, 6.45) is 10.0. The Kier molecular flexibility index (Phi) is 7.68. The lowest BCUT2D eigenvalue weighted by molar-refractivity contribution is 0.477. The van der Waals surface area contributed by atoms with Crippen LogP contribution in [0.2, 0.25) is 0 Å². The van der Waals surface area contributed by atoms with Crippen molar-refractivity contribution in [1.82, 2.24) is 0 Å². The number of anilines is 3. The summed E-state index contributed by atoms with van der Waals surface area (Å²) >= 11 is 0. The van der Waals surface area contributed by atoms with Gasteiger partial charge < -0.3 is 9.64 Å². The highest BCUT2D eigenvalue weighted by Crippen LogP contribution is 2.63. The van der Waals surface area contributed by atoms with Gasteiger partial charge in [0.05, 0.1) is 16.8 Å². The maximum absolute atomic E-state index is 6.85. The third-order valence-corrected chi connectivity index (χ3v) is 13.2. The predicted octanol–water partition coefficient (Wildman–Crippen LogP) is 15.5. The Morgan fingerprint density at radius 1 is 0.433 bits per heavy atom. The lowest BCUT2D eigenvalue weighted by Gasteiger charge is -2.35. The summed E-state index contributed by atoms with van der Waals surface area (Å²) in [6, 6.07) is 64.5. The molecular weight excluding hydrogens is 727 g/mol. The minimum Gasteiger partial charge on any atom is -0.453 e. The van der Waals surface area contributed by atoms with E-state index in [1.54, 1.807) is 0 Å². The van der Waals surface area contributed by atoms with Gasteiger partial charge in [0.25, 0.3) is 0 Å². The lowest BCUT2D eigenvalue weighted by Crippen LogP contribution is -2.26. The van der Waals surface area contributed by atoms with Gasteiger partial charge in [-0.15, -0.1) is 0 Å². The average molecular weight is 768 g/mol. The Morgan fingerprint density at radius 2 is 1.02 bits per heavy atom. The maximum Gasteiger partial charge on any atom is 0.152 e. The van der Waals surface area contributed by atoms with E-state index in [9.17, 15) is 0 Å². The first-order valence-electron chi connectivity index (χ1n) is 21.0. The number of ether oxygens (including phenoxy) is 1. The van der Waals surface area contributed by atoms with Crippen LogP contribution in [-0.2, 0) is 5.41 Å². The topological polar surface area (TPSA) is 12.5 Å². The van der Waals surface area contributed by atoms with Gasteiger partial charge in [-0.05, 0) is 152 Å². The van der Waals surface area contributed by atoms with Crippen molar-refractivity contribution >= 4 is 22.6 Å². The second-order valence-electron chi connectivity index (χ2n) is 16.5. The van der Waals surface area contributed by atoms with Crippen molar-refractivity contribution in [3.63, 3.8) is 0 Å². The fraction of sp³-hybridized carbons (Fsp3) is 0.0690. The number of hydrogen-bond donors (Lipinski definition) is 0. The van der Waals surface area contributed by atoms with Crippen LogP contribution < -0.4 is 9.64 Å². The van der Waals surface area contributed by atoms with Crippen molar-refractivity contribution < 1.29 is 4.74 Å². The molecule has 0 radical (unpaired) electrons. The minimum atomic E-state index is -0.377. The number of allylic oxidation sites excluding steroid dienone is 6. The van der Waals surface area contributed by atoms with Gasteiger partial charge in [0, 0.05) is 5.69 Å². The van der Waals surface area contributed by atoms with Crippen molar-refractivity contribution in [3.05, 3.63) is 239 Å². The van der Waals surface area contributed by atoms with Gasteiger partial charge in [0.1, 0.15) is 0 Å². The van der Waals surface area contributed by atoms with E-state index in [2.05, 4.69) is 219 Å². The van der Waals surface area contributed by atoms with E-state index in [0.717, 1.165) is 57.2 Å². The smallest absolute Gasteiger partial charge is 0.152 e. The molecule has 0 atom stereocenters. The average Bonchev–Trinajstić information content (AvgIpc) is 3.60. The zero-order chi connectivity index (χ0) is 40.0. The largest absolute Gasteiger partial charge is 0.453 e. The standard InChI is InChI=1S/C58H41NO/c1-37-33-55(59-53-30-27-41(39-16-6-3-7-17-39)35-56(53)60-57-36-42(28-31-54(57)59)40-18-8-4-9-19-40)38(2)32-48(37)43-26-29-47-46-20-10-5-11-23-49(46)58(52(47)34-43)50-24-14-12-21-44(50)45-22-13-15-25-51(45)58/h3-19,21-36H,20H2,1-2H3. The van der Waals surface area contributed by atoms with Gasteiger partial charge >= 0.3 is 0 Å². The fourth-order valence-electron chi connectivity index (χ4n) is 10.5. The first-order valence-corrected chi connectivity index (χ1v) is 21.0.